The summed E-state index contributed by atoms with van der Waals surface area (Å²) in [6, 6.07) is 7.19. The van der Waals surface area contributed by atoms with Crippen LogP contribution in [0, 0.1) is 0 Å². The predicted molar refractivity (Wildman–Crippen MR) is 84.4 cm³/mol. The van der Waals surface area contributed by atoms with E-state index < -0.39 is 5.60 Å². The zero-order valence-corrected chi connectivity index (χ0v) is 13.3. The Balaban J connectivity index is 2.59. The number of carbonyl (C=O) groups excluding carboxylic acids is 1. The van der Waals surface area contributed by atoms with Gasteiger partial charge in [0, 0.05) is 19.3 Å². The van der Waals surface area contributed by atoms with Crippen molar-refractivity contribution < 1.29 is 14.6 Å². The van der Waals surface area contributed by atoms with Crippen molar-refractivity contribution in [3.63, 3.8) is 0 Å². The van der Waals surface area contributed by atoms with Gasteiger partial charge < -0.3 is 20.5 Å². The minimum absolute atomic E-state index is 0.0277. The molecule has 0 bridgehead atoms. The van der Waals surface area contributed by atoms with Crippen LogP contribution in [-0.4, -0.2) is 30.4 Å². The standard InChI is InChI=1S/C16H26N2O3/c1-5-16(20,6-2)11-17-15(19)18-14-9-7-8-13(10-14)12(3)21-4/h7-10,12,20H,5-6,11H2,1-4H3,(H2,17,18,19). The van der Waals surface area contributed by atoms with E-state index in [0.717, 1.165) is 5.56 Å². The summed E-state index contributed by atoms with van der Waals surface area (Å²) in [7, 11) is 1.65. The molecule has 0 aromatic heterocycles. The SMILES string of the molecule is CCC(O)(CC)CNC(=O)Nc1cccc(C(C)OC)c1. The highest BCUT2D eigenvalue weighted by atomic mass is 16.5. The quantitative estimate of drug-likeness (QED) is 0.724. The number of hydrogen-bond donors (Lipinski definition) is 3. The van der Waals surface area contributed by atoms with Gasteiger partial charge in [-0.1, -0.05) is 26.0 Å². The molecule has 0 aliphatic heterocycles. The molecule has 5 heteroatoms. The van der Waals surface area contributed by atoms with Crippen LogP contribution in [0.2, 0.25) is 0 Å². The second-order valence-corrected chi connectivity index (χ2v) is 5.24. The molecule has 1 atom stereocenters. The first-order valence-electron chi connectivity index (χ1n) is 7.34. The molecular formula is C16H26N2O3. The highest BCUT2D eigenvalue weighted by Crippen LogP contribution is 2.19. The zero-order chi connectivity index (χ0) is 15.9. The molecule has 5 nitrogen and oxygen atoms in total. The number of anilines is 1. The number of methoxy groups -OCH3 is 1. The summed E-state index contributed by atoms with van der Waals surface area (Å²) in [6.07, 6.45) is 1.18. The Morgan fingerprint density at radius 1 is 1.38 bits per heavy atom. The number of nitrogens with one attached hydrogen (secondary N) is 2. The summed E-state index contributed by atoms with van der Waals surface area (Å²) in [5.74, 6) is 0. The molecule has 0 fully saturated rings. The molecule has 3 N–H and O–H groups in total. The summed E-state index contributed by atoms with van der Waals surface area (Å²) < 4.78 is 5.26. The van der Waals surface area contributed by atoms with Crippen LogP contribution < -0.4 is 10.6 Å². The Morgan fingerprint density at radius 2 is 2.05 bits per heavy atom. The molecule has 21 heavy (non-hydrogen) atoms. The molecule has 0 saturated carbocycles. The average Bonchev–Trinajstić information content (AvgIpc) is 2.52. The number of rotatable bonds is 7. The van der Waals surface area contributed by atoms with Gasteiger partial charge in [-0.3, -0.25) is 0 Å². The lowest BCUT2D eigenvalue weighted by molar-refractivity contribution is 0.0354. The third-order valence-corrected chi connectivity index (χ3v) is 3.86. The van der Waals surface area contributed by atoms with Gasteiger partial charge in [0.05, 0.1) is 11.7 Å². The molecule has 1 aromatic rings. The third kappa shape index (κ3) is 5.36. The summed E-state index contributed by atoms with van der Waals surface area (Å²) in [5.41, 5.74) is 0.850. The van der Waals surface area contributed by atoms with Crippen LogP contribution >= 0.6 is 0 Å². The molecule has 1 unspecified atom stereocenters. The maximum absolute atomic E-state index is 11.9. The first kappa shape index (κ1) is 17.5. The lowest BCUT2D eigenvalue weighted by Gasteiger charge is -2.25. The highest BCUT2D eigenvalue weighted by Gasteiger charge is 2.22. The molecule has 118 valence electrons. The monoisotopic (exact) mass is 294 g/mol. The highest BCUT2D eigenvalue weighted by molar-refractivity contribution is 5.89. The summed E-state index contributed by atoms with van der Waals surface area (Å²) >= 11 is 0. The Kier molecular flexibility index (Phi) is 6.65. The molecule has 0 aliphatic rings. The molecule has 1 rings (SSSR count). The lowest BCUT2D eigenvalue weighted by Crippen LogP contribution is -2.43. The second kappa shape index (κ2) is 8.00. The first-order valence-corrected chi connectivity index (χ1v) is 7.34. The molecule has 0 aliphatic carbocycles. The molecule has 0 heterocycles. The van der Waals surface area contributed by atoms with Crippen molar-refractivity contribution in [2.45, 2.75) is 45.3 Å². The molecule has 0 spiro atoms. The van der Waals surface area contributed by atoms with Crippen molar-refractivity contribution in [1.29, 1.82) is 0 Å². The number of aliphatic hydroxyl groups is 1. The fraction of sp³-hybridized carbons (Fsp3) is 0.562. The van der Waals surface area contributed by atoms with E-state index in [1.807, 2.05) is 45.0 Å². The van der Waals surface area contributed by atoms with E-state index in [0.29, 0.717) is 18.5 Å². The zero-order valence-electron chi connectivity index (χ0n) is 13.3. The van der Waals surface area contributed by atoms with E-state index in [9.17, 15) is 9.90 Å². The van der Waals surface area contributed by atoms with Crippen molar-refractivity contribution in [1.82, 2.24) is 5.32 Å². The lowest BCUT2D eigenvalue weighted by atomic mass is 9.98. The average molecular weight is 294 g/mol. The number of ether oxygens (including phenoxy) is 1. The van der Waals surface area contributed by atoms with Gasteiger partial charge in [0.1, 0.15) is 0 Å². The van der Waals surface area contributed by atoms with Gasteiger partial charge in [0.2, 0.25) is 0 Å². The summed E-state index contributed by atoms with van der Waals surface area (Å²) in [4.78, 5) is 11.9. The number of hydrogen-bond acceptors (Lipinski definition) is 3. The maximum Gasteiger partial charge on any atom is 0.319 e. The minimum atomic E-state index is -0.843. The van der Waals surface area contributed by atoms with Crippen molar-refractivity contribution in [2.24, 2.45) is 0 Å². The van der Waals surface area contributed by atoms with Crippen LogP contribution in [0.3, 0.4) is 0 Å². The van der Waals surface area contributed by atoms with E-state index in [1.54, 1.807) is 7.11 Å². The Labute approximate surface area is 126 Å². The van der Waals surface area contributed by atoms with Gasteiger partial charge in [-0.15, -0.1) is 0 Å². The fourth-order valence-electron chi connectivity index (χ4n) is 1.93. The predicted octanol–water partition coefficient (Wildman–Crippen LogP) is 3.07. The first-order chi connectivity index (χ1) is 9.94. The summed E-state index contributed by atoms with van der Waals surface area (Å²) in [5, 5.41) is 15.6. The van der Waals surface area contributed by atoms with Crippen LogP contribution in [0.25, 0.3) is 0 Å². The van der Waals surface area contributed by atoms with Crippen molar-refractivity contribution in [2.75, 3.05) is 19.0 Å². The largest absolute Gasteiger partial charge is 0.388 e. The number of urea groups is 1. The smallest absolute Gasteiger partial charge is 0.319 e. The van der Waals surface area contributed by atoms with Crippen molar-refractivity contribution in [3.05, 3.63) is 29.8 Å². The Morgan fingerprint density at radius 3 is 2.62 bits per heavy atom. The van der Waals surface area contributed by atoms with E-state index in [4.69, 9.17) is 4.74 Å². The fourth-order valence-corrected chi connectivity index (χ4v) is 1.93. The van der Waals surface area contributed by atoms with Crippen LogP contribution in [0.4, 0.5) is 10.5 Å². The van der Waals surface area contributed by atoms with E-state index in [2.05, 4.69) is 10.6 Å². The van der Waals surface area contributed by atoms with Crippen LogP contribution in [-0.2, 0) is 4.74 Å². The van der Waals surface area contributed by atoms with Gasteiger partial charge in [-0.2, -0.15) is 0 Å². The number of benzene rings is 1. The van der Waals surface area contributed by atoms with Gasteiger partial charge in [0.15, 0.2) is 0 Å². The van der Waals surface area contributed by atoms with Gasteiger partial charge in [-0.05, 0) is 37.5 Å². The van der Waals surface area contributed by atoms with Crippen molar-refractivity contribution in [3.8, 4) is 0 Å². The van der Waals surface area contributed by atoms with Crippen LogP contribution in [0.1, 0.15) is 45.3 Å². The number of amides is 2. The Hall–Kier alpha value is -1.59. The third-order valence-electron chi connectivity index (χ3n) is 3.86. The molecule has 2 amide bonds. The maximum atomic E-state index is 11.9. The van der Waals surface area contributed by atoms with E-state index in [-0.39, 0.29) is 18.7 Å². The minimum Gasteiger partial charge on any atom is -0.388 e. The number of carbonyl (C=O) groups is 1. The topological polar surface area (TPSA) is 70.6 Å². The van der Waals surface area contributed by atoms with Gasteiger partial charge >= 0.3 is 6.03 Å². The van der Waals surface area contributed by atoms with Crippen LogP contribution in [0.5, 0.6) is 0 Å². The Bertz CT molecular complexity index is 459. The van der Waals surface area contributed by atoms with Crippen LogP contribution in [0.15, 0.2) is 24.3 Å². The molecular weight excluding hydrogens is 268 g/mol. The van der Waals surface area contributed by atoms with Crippen molar-refractivity contribution >= 4 is 11.7 Å². The van der Waals surface area contributed by atoms with Gasteiger partial charge in [0.25, 0.3) is 0 Å². The van der Waals surface area contributed by atoms with E-state index in [1.165, 1.54) is 0 Å². The molecule has 0 saturated heterocycles. The van der Waals surface area contributed by atoms with E-state index >= 15 is 0 Å². The molecule has 0 radical (unpaired) electrons. The normalized spacial score (nSPS) is 12.8. The van der Waals surface area contributed by atoms with Gasteiger partial charge in [-0.25, -0.2) is 4.79 Å². The summed E-state index contributed by atoms with van der Waals surface area (Å²) in [6.45, 7) is 5.99. The second-order valence-electron chi connectivity index (χ2n) is 5.24. The molecule has 1 aromatic carbocycles.